The maximum atomic E-state index is 12.2. The third-order valence-corrected chi connectivity index (χ3v) is 4.31. The lowest BCUT2D eigenvalue weighted by Gasteiger charge is -2.29. The Labute approximate surface area is 154 Å². The van der Waals surface area contributed by atoms with Crippen LogP contribution in [-0.4, -0.2) is 45.3 Å². The predicted octanol–water partition coefficient (Wildman–Crippen LogP) is 2.69. The summed E-state index contributed by atoms with van der Waals surface area (Å²) in [5.74, 6) is -3.34. The highest BCUT2D eigenvalue weighted by atomic mass is 32.1. The number of hydrogen-bond acceptors (Lipinski definition) is 6. The van der Waals surface area contributed by atoms with Crippen LogP contribution >= 0.6 is 11.3 Å². The number of nitrogens with one attached hydrogen (secondary N) is 2. The molecule has 2 amide bonds. The number of thiophene rings is 1. The molecular weight excluding hydrogens is 364 g/mol. The maximum absolute atomic E-state index is 12.2. The first kappa shape index (κ1) is 21.4. The zero-order valence-corrected chi connectivity index (χ0v) is 16.2. The number of esters is 1. The normalized spacial score (nSPS) is 11.6. The monoisotopic (exact) mass is 386 g/mol. The molecule has 10 heteroatoms. The zero-order chi connectivity index (χ0) is 20.4. The van der Waals surface area contributed by atoms with Gasteiger partial charge in [0.2, 0.25) is 0 Å². The average molecular weight is 386 g/mol. The molecular formula is C16H22N2O7S. The number of carbonyl (C=O) groups is 4. The van der Waals surface area contributed by atoms with Gasteiger partial charge in [-0.2, -0.15) is 0 Å². The first-order valence-electron chi connectivity index (χ1n) is 7.58. The van der Waals surface area contributed by atoms with E-state index >= 15 is 0 Å². The van der Waals surface area contributed by atoms with Gasteiger partial charge in [-0.3, -0.25) is 5.32 Å². The van der Waals surface area contributed by atoms with Crippen LogP contribution in [0, 0.1) is 6.92 Å². The van der Waals surface area contributed by atoms with Crippen molar-refractivity contribution >= 4 is 40.3 Å². The number of carboxylic acid groups (broad SMARTS) is 2. The predicted molar refractivity (Wildman–Crippen MR) is 95.1 cm³/mol. The molecule has 1 rings (SSSR count). The molecule has 9 nitrogen and oxygen atoms in total. The van der Waals surface area contributed by atoms with Gasteiger partial charge in [-0.15, -0.1) is 11.3 Å². The molecule has 0 aromatic carbocycles. The van der Waals surface area contributed by atoms with E-state index in [1.165, 1.54) is 20.8 Å². The molecule has 26 heavy (non-hydrogen) atoms. The third kappa shape index (κ3) is 5.19. The molecule has 1 aromatic rings. The average Bonchev–Trinajstić information content (AvgIpc) is 2.72. The largest absolute Gasteiger partial charge is 0.478 e. The van der Waals surface area contributed by atoms with Gasteiger partial charge >= 0.3 is 23.9 Å². The van der Waals surface area contributed by atoms with E-state index in [2.05, 4.69) is 10.6 Å². The number of hydrogen-bond donors (Lipinski definition) is 4. The van der Waals surface area contributed by atoms with Crippen molar-refractivity contribution in [1.82, 2.24) is 5.32 Å². The zero-order valence-electron chi connectivity index (χ0n) is 15.3. The minimum atomic E-state index is -1.39. The van der Waals surface area contributed by atoms with Gasteiger partial charge in [-0.1, -0.05) is 0 Å². The highest BCUT2D eigenvalue weighted by molar-refractivity contribution is 7.18. The van der Waals surface area contributed by atoms with Gasteiger partial charge in [0.15, 0.2) is 0 Å². The highest BCUT2D eigenvalue weighted by Crippen LogP contribution is 2.33. The minimum absolute atomic E-state index is 0.0386. The van der Waals surface area contributed by atoms with E-state index in [1.54, 1.807) is 20.8 Å². The standard InChI is InChI=1S/C16H22N2O7S/c1-7-8(11(19)20)10(26-9(7)12(21)22)17-14(24)18-16(5,6)13(23)25-15(2,3)4/h1-6H3,(H,19,20)(H,21,22)(H2,17,18,24). The molecule has 0 aliphatic carbocycles. The first-order valence-corrected chi connectivity index (χ1v) is 8.40. The number of carbonyl (C=O) groups excluding carboxylic acids is 2. The second-order valence-corrected chi connectivity index (χ2v) is 8.10. The molecule has 0 aliphatic heterocycles. The lowest BCUT2D eigenvalue weighted by molar-refractivity contribution is -0.161. The van der Waals surface area contributed by atoms with Gasteiger partial charge < -0.3 is 20.3 Å². The minimum Gasteiger partial charge on any atom is -0.478 e. The topological polar surface area (TPSA) is 142 Å². The highest BCUT2D eigenvalue weighted by Gasteiger charge is 2.35. The number of rotatable bonds is 5. The van der Waals surface area contributed by atoms with Crippen molar-refractivity contribution < 1.29 is 34.1 Å². The fourth-order valence-corrected chi connectivity index (χ4v) is 2.97. The molecule has 4 N–H and O–H groups in total. The third-order valence-electron chi connectivity index (χ3n) is 3.12. The van der Waals surface area contributed by atoms with Crippen molar-refractivity contribution in [2.45, 2.75) is 52.7 Å². The lowest BCUT2D eigenvalue weighted by Crippen LogP contribution is -2.53. The number of amides is 2. The first-order chi connectivity index (χ1) is 11.7. The second-order valence-electron chi connectivity index (χ2n) is 7.08. The number of anilines is 1. The van der Waals surface area contributed by atoms with E-state index in [0.29, 0.717) is 11.3 Å². The summed E-state index contributed by atoms with van der Waals surface area (Å²) >= 11 is 0.627. The summed E-state index contributed by atoms with van der Waals surface area (Å²) in [6.45, 7) is 9.26. The van der Waals surface area contributed by atoms with E-state index in [1.807, 2.05) is 0 Å². The Hall–Kier alpha value is -2.62. The number of ether oxygens (including phenoxy) is 1. The van der Waals surface area contributed by atoms with E-state index in [4.69, 9.17) is 9.84 Å². The van der Waals surface area contributed by atoms with Gasteiger partial charge in [-0.05, 0) is 47.1 Å². The molecule has 0 atom stereocenters. The Bertz CT molecular complexity index is 759. The van der Waals surface area contributed by atoms with Crippen molar-refractivity contribution in [3.8, 4) is 0 Å². The molecule has 0 bridgehead atoms. The van der Waals surface area contributed by atoms with Crippen molar-refractivity contribution in [3.63, 3.8) is 0 Å². The Kier molecular flexibility index (Phi) is 6.03. The van der Waals surface area contributed by atoms with Crippen LogP contribution in [0.5, 0.6) is 0 Å². The van der Waals surface area contributed by atoms with E-state index in [-0.39, 0.29) is 21.0 Å². The van der Waals surface area contributed by atoms with Crippen molar-refractivity contribution in [1.29, 1.82) is 0 Å². The van der Waals surface area contributed by atoms with Crippen LogP contribution in [0.2, 0.25) is 0 Å². The number of carboxylic acids is 2. The molecule has 1 heterocycles. The Balaban J connectivity index is 3.01. The summed E-state index contributed by atoms with van der Waals surface area (Å²) in [6, 6.07) is -0.860. The molecule has 0 fully saturated rings. The fourth-order valence-electron chi connectivity index (χ4n) is 1.94. The Morgan fingerprint density at radius 1 is 1.00 bits per heavy atom. The van der Waals surface area contributed by atoms with Crippen LogP contribution in [0.3, 0.4) is 0 Å². The molecule has 1 aromatic heterocycles. The quantitative estimate of drug-likeness (QED) is 0.570. The molecule has 0 saturated heterocycles. The van der Waals surface area contributed by atoms with Crippen LogP contribution in [-0.2, 0) is 9.53 Å². The van der Waals surface area contributed by atoms with Crippen molar-refractivity contribution in [2.24, 2.45) is 0 Å². The molecule has 0 saturated carbocycles. The van der Waals surface area contributed by atoms with Crippen LogP contribution in [0.15, 0.2) is 0 Å². The summed E-state index contributed by atoms with van der Waals surface area (Å²) < 4.78 is 5.22. The van der Waals surface area contributed by atoms with Gasteiger partial charge in [0.05, 0.1) is 5.56 Å². The molecule has 144 valence electrons. The van der Waals surface area contributed by atoms with E-state index in [0.717, 1.165) is 0 Å². The summed E-state index contributed by atoms with van der Waals surface area (Å²) in [6.07, 6.45) is 0. The summed E-state index contributed by atoms with van der Waals surface area (Å²) in [5, 5.41) is 22.9. The van der Waals surface area contributed by atoms with Crippen molar-refractivity contribution in [2.75, 3.05) is 5.32 Å². The smallest absolute Gasteiger partial charge is 0.346 e. The molecule has 0 spiro atoms. The molecule has 0 unspecified atom stereocenters. The lowest BCUT2D eigenvalue weighted by atomic mass is 10.1. The van der Waals surface area contributed by atoms with Crippen LogP contribution < -0.4 is 10.6 Å². The van der Waals surface area contributed by atoms with Gasteiger partial charge in [0.1, 0.15) is 21.0 Å². The van der Waals surface area contributed by atoms with Gasteiger partial charge in [0.25, 0.3) is 0 Å². The molecule has 0 radical (unpaired) electrons. The van der Waals surface area contributed by atoms with E-state index in [9.17, 15) is 24.3 Å². The Morgan fingerprint density at radius 3 is 1.96 bits per heavy atom. The summed E-state index contributed by atoms with van der Waals surface area (Å²) in [7, 11) is 0. The van der Waals surface area contributed by atoms with Crippen molar-refractivity contribution in [3.05, 3.63) is 16.0 Å². The Morgan fingerprint density at radius 2 is 1.54 bits per heavy atom. The molecule has 0 aliphatic rings. The maximum Gasteiger partial charge on any atom is 0.346 e. The van der Waals surface area contributed by atoms with Crippen LogP contribution in [0.1, 0.15) is 60.2 Å². The van der Waals surface area contributed by atoms with Crippen LogP contribution in [0.25, 0.3) is 0 Å². The summed E-state index contributed by atoms with van der Waals surface area (Å²) in [5.41, 5.74) is -2.40. The van der Waals surface area contributed by atoms with Gasteiger partial charge in [-0.25, -0.2) is 19.2 Å². The van der Waals surface area contributed by atoms with Crippen LogP contribution in [0.4, 0.5) is 9.80 Å². The van der Waals surface area contributed by atoms with E-state index < -0.39 is 35.1 Å². The number of urea groups is 1. The van der Waals surface area contributed by atoms with Gasteiger partial charge in [0, 0.05) is 0 Å². The SMILES string of the molecule is Cc1c(C(=O)O)sc(NC(=O)NC(C)(C)C(=O)OC(C)(C)C)c1C(=O)O. The second kappa shape index (κ2) is 7.32. The number of aromatic carboxylic acids is 2. The summed E-state index contributed by atoms with van der Waals surface area (Å²) in [4.78, 5) is 46.7. The fraction of sp³-hybridized carbons (Fsp3) is 0.500.